The molecular weight excluding hydrogens is 308 g/mol. The minimum atomic E-state index is -1.10. The molecule has 1 atom stereocenters. The highest BCUT2D eigenvalue weighted by atomic mass is 16.5. The van der Waals surface area contributed by atoms with Gasteiger partial charge < -0.3 is 15.2 Å². The van der Waals surface area contributed by atoms with Crippen molar-refractivity contribution in [2.24, 2.45) is 0 Å². The van der Waals surface area contributed by atoms with E-state index in [-0.39, 0.29) is 23.1 Å². The molecule has 1 heterocycles. The highest BCUT2D eigenvalue weighted by molar-refractivity contribution is 5.98. The molecule has 1 amide bonds. The van der Waals surface area contributed by atoms with Gasteiger partial charge in [0.15, 0.2) is 0 Å². The lowest BCUT2D eigenvalue weighted by Crippen LogP contribution is -2.36. The van der Waals surface area contributed by atoms with E-state index < -0.39 is 5.97 Å². The molecule has 0 aliphatic heterocycles. The highest BCUT2D eigenvalue weighted by Crippen LogP contribution is 2.30. The Hall–Kier alpha value is -2.89. The van der Waals surface area contributed by atoms with Gasteiger partial charge in [-0.3, -0.25) is 9.78 Å². The average Bonchev–Trinajstić information content (AvgIpc) is 2.97. The van der Waals surface area contributed by atoms with Crippen molar-refractivity contribution >= 4 is 11.9 Å². The van der Waals surface area contributed by atoms with Crippen molar-refractivity contribution in [1.29, 1.82) is 0 Å². The van der Waals surface area contributed by atoms with Crippen LogP contribution >= 0.6 is 0 Å². The van der Waals surface area contributed by atoms with Crippen molar-refractivity contribution in [1.82, 2.24) is 10.3 Å². The molecule has 0 saturated carbocycles. The number of methoxy groups -OCH3 is 1. The van der Waals surface area contributed by atoms with Gasteiger partial charge in [0.2, 0.25) is 0 Å². The fourth-order valence-corrected chi connectivity index (χ4v) is 3.05. The Labute approximate surface area is 139 Å². The van der Waals surface area contributed by atoms with Gasteiger partial charge in [0.25, 0.3) is 5.91 Å². The van der Waals surface area contributed by atoms with Gasteiger partial charge in [-0.05, 0) is 43.0 Å². The van der Waals surface area contributed by atoms with E-state index in [1.54, 1.807) is 14.0 Å². The van der Waals surface area contributed by atoms with Crippen LogP contribution in [-0.2, 0) is 12.8 Å². The molecule has 2 N–H and O–H groups in total. The first-order valence-electron chi connectivity index (χ1n) is 7.65. The molecule has 3 rings (SSSR count). The quantitative estimate of drug-likeness (QED) is 0.897. The number of nitrogens with one attached hydrogen (secondary N) is 1. The van der Waals surface area contributed by atoms with E-state index in [1.165, 1.54) is 12.3 Å². The van der Waals surface area contributed by atoms with Crippen molar-refractivity contribution in [3.63, 3.8) is 0 Å². The molecule has 0 saturated heterocycles. The number of carbonyl (C=O) groups is 2. The van der Waals surface area contributed by atoms with Crippen LogP contribution in [-0.4, -0.2) is 35.1 Å². The third-order valence-electron chi connectivity index (χ3n) is 4.28. The van der Waals surface area contributed by atoms with Crippen molar-refractivity contribution in [2.75, 3.05) is 7.11 Å². The number of rotatable bonds is 4. The van der Waals surface area contributed by atoms with Gasteiger partial charge in [0, 0.05) is 12.2 Å². The number of nitrogens with zero attached hydrogens (tertiary/aromatic N) is 1. The Kier molecular flexibility index (Phi) is 4.20. The summed E-state index contributed by atoms with van der Waals surface area (Å²) in [6.07, 6.45) is 2.67. The summed E-state index contributed by atoms with van der Waals surface area (Å²) in [5, 5.41) is 12.0. The Bertz CT molecular complexity index is 817. The molecule has 0 fully saturated rings. The van der Waals surface area contributed by atoms with Crippen molar-refractivity contribution in [2.45, 2.75) is 25.8 Å². The van der Waals surface area contributed by atoms with Crippen LogP contribution in [0.15, 0.2) is 30.5 Å². The highest BCUT2D eigenvalue weighted by Gasteiger charge is 2.26. The molecule has 24 heavy (non-hydrogen) atoms. The first kappa shape index (κ1) is 16.0. The average molecular weight is 326 g/mol. The van der Waals surface area contributed by atoms with Crippen LogP contribution in [0.25, 0.3) is 0 Å². The summed E-state index contributed by atoms with van der Waals surface area (Å²) in [6.45, 7) is 1.69. The second-order valence-electron chi connectivity index (χ2n) is 5.84. The lowest BCUT2D eigenvalue weighted by atomic mass is 10.1. The Morgan fingerprint density at radius 3 is 2.83 bits per heavy atom. The normalized spacial score (nSPS) is 15.7. The molecule has 0 bridgehead atoms. The van der Waals surface area contributed by atoms with Crippen LogP contribution < -0.4 is 10.1 Å². The number of fused-ring (bicyclic) bond motifs is 1. The fraction of sp³-hybridized carbons (Fsp3) is 0.278. The number of aryl methyl sites for hydroxylation is 1. The zero-order chi connectivity index (χ0) is 17.3. The van der Waals surface area contributed by atoms with Crippen LogP contribution in [0.2, 0.25) is 0 Å². The van der Waals surface area contributed by atoms with Gasteiger partial charge in [0.05, 0.1) is 23.9 Å². The minimum Gasteiger partial charge on any atom is -0.496 e. The smallest absolute Gasteiger partial charge is 0.337 e. The first-order valence-corrected chi connectivity index (χ1v) is 7.65. The Morgan fingerprint density at radius 2 is 2.12 bits per heavy atom. The van der Waals surface area contributed by atoms with E-state index >= 15 is 0 Å². The monoisotopic (exact) mass is 326 g/mol. The molecule has 2 aromatic rings. The van der Waals surface area contributed by atoms with Crippen molar-refractivity contribution in [3.8, 4) is 5.75 Å². The fourth-order valence-electron chi connectivity index (χ4n) is 3.05. The van der Waals surface area contributed by atoms with E-state index in [4.69, 9.17) is 9.84 Å². The molecule has 0 radical (unpaired) electrons. The third-order valence-corrected chi connectivity index (χ3v) is 4.28. The van der Waals surface area contributed by atoms with Crippen LogP contribution in [0.1, 0.15) is 37.5 Å². The molecule has 1 aromatic carbocycles. The molecule has 0 spiro atoms. The van der Waals surface area contributed by atoms with Crippen LogP contribution in [0, 0.1) is 6.92 Å². The molecule has 1 aliphatic rings. The summed E-state index contributed by atoms with van der Waals surface area (Å²) >= 11 is 0. The minimum absolute atomic E-state index is 0.00197. The number of amides is 1. The number of hydrogen-bond donors (Lipinski definition) is 2. The van der Waals surface area contributed by atoms with E-state index in [1.807, 2.05) is 18.2 Å². The maximum atomic E-state index is 12.5. The number of carboxylic acid groups (broad SMARTS) is 1. The van der Waals surface area contributed by atoms with Gasteiger partial charge >= 0.3 is 5.97 Å². The number of hydrogen-bond acceptors (Lipinski definition) is 4. The number of carbonyl (C=O) groups excluding carboxylic acids is 1. The molecule has 1 aliphatic carbocycles. The molecule has 1 unspecified atom stereocenters. The van der Waals surface area contributed by atoms with Gasteiger partial charge in [-0.15, -0.1) is 0 Å². The molecule has 6 heteroatoms. The lowest BCUT2D eigenvalue weighted by Gasteiger charge is -2.13. The van der Waals surface area contributed by atoms with E-state index in [0.717, 1.165) is 23.3 Å². The number of carboxylic acids is 1. The van der Waals surface area contributed by atoms with Gasteiger partial charge in [-0.25, -0.2) is 4.79 Å². The third kappa shape index (κ3) is 2.95. The van der Waals surface area contributed by atoms with E-state index in [0.29, 0.717) is 12.1 Å². The lowest BCUT2D eigenvalue weighted by molar-refractivity contribution is 0.0696. The summed E-state index contributed by atoms with van der Waals surface area (Å²) in [6, 6.07) is 7.20. The van der Waals surface area contributed by atoms with Gasteiger partial charge in [-0.1, -0.05) is 12.1 Å². The zero-order valence-electron chi connectivity index (χ0n) is 13.5. The molecule has 1 aromatic heterocycles. The summed E-state index contributed by atoms with van der Waals surface area (Å²) in [5.74, 6) is -0.579. The molecule has 6 nitrogen and oxygen atoms in total. The predicted molar refractivity (Wildman–Crippen MR) is 87.6 cm³/mol. The maximum absolute atomic E-state index is 12.5. The summed E-state index contributed by atoms with van der Waals surface area (Å²) in [5.41, 5.74) is 3.07. The van der Waals surface area contributed by atoms with Crippen molar-refractivity contribution < 1.29 is 19.4 Å². The van der Waals surface area contributed by atoms with E-state index in [2.05, 4.69) is 10.3 Å². The van der Waals surface area contributed by atoms with Crippen LogP contribution in [0.3, 0.4) is 0 Å². The number of aromatic carboxylic acids is 1. The van der Waals surface area contributed by atoms with Gasteiger partial charge in [0.1, 0.15) is 5.75 Å². The first-order chi connectivity index (χ1) is 11.5. The van der Waals surface area contributed by atoms with Gasteiger partial charge in [-0.2, -0.15) is 0 Å². The second-order valence-corrected chi connectivity index (χ2v) is 5.84. The number of pyridine rings is 1. The molecular formula is C18H18N2O4. The largest absolute Gasteiger partial charge is 0.496 e. The molecule has 124 valence electrons. The number of benzene rings is 1. The number of ether oxygens (including phenoxy) is 1. The summed E-state index contributed by atoms with van der Waals surface area (Å²) < 4.78 is 5.37. The SMILES string of the molecule is COc1cccc2c1CC(NC(=O)c1cc(C(=O)O)cnc1C)C2. The standard InChI is InChI=1S/C18H18N2O4/c1-10-14(7-12(9-19-10)18(22)23)17(21)20-13-6-11-4-3-5-16(24-2)15(11)8-13/h3-5,7,9,13H,6,8H2,1-2H3,(H,20,21)(H,22,23). The Balaban J connectivity index is 1.77. The zero-order valence-corrected chi connectivity index (χ0v) is 13.5. The summed E-state index contributed by atoms with van der Waals surface area (Å²) in [4.78, 5) is 27.6. The topological polar surface area (TPSA) is 88.5 Å². The second kappa shape index (κ2) is 6.31. The maximum Gasteiger partial charge on any atom is 0.337 e. The van der Waals surface area contributed by atoms with Crippen molar-refractivity contribution in [3.05, 3.63) is 58.4 Å². The summed E-state index contributed by atoms with van der Waals surface area (Å²) in [7, 11) is 1.63. The van der Waals surface area contributed by atoms with Crippen LogP contribution in [0.5, 0.6) is 5.75 Å². The number of aromatic nitrogens is 1. The Morgan fingerprint density at radius 1 is 1.33 bits per heavy atom. The predicted octanol–water partition coefficient (Wildman–Crippen LogP) is 1.99. The van der Waals surface area contributed by atoms with E-state index in [9.17, 15) is 9.59 Å². The van der Waals surface area contributed by atoms with Crippen LogP contribution in [0.4, 0.5) is 0 Å².